The predicted molar refractivity (Wildman–Crippen MR) is 60.0 cm³/mol. The molecule has 1 aliphatic rings. The van der Waals surface area contributed by atoms with E-state index in [4.69, 9.17) is 14.9 Å². The van der Waals surface area contributed by atoms with E-state index >= 15 is 0 Å². The molecule has 2 N–H and O–H groups in total. The van der Waals surface area contributed by atoms with Crippen molar-refractivity contribution in [3.05, 3.63) is 0 Å². The molecular weight excluding hydrogens is 196 g/mol. The van der Waals surface area contributed by atoms with Crippen molar-refractivity contribution in [2.45, 2.75) is 45.4 Å². The second kappa shape index (κ2) is 15.8. The fourth-order valence-corrected chi connectivity index (χ4v) is 1.04. The largest absolute Gasteiger partial charge is 0.481 e. The van der Waals surface area contributed by atoms with Gasteiger partial charge in [-0.3, -0.25) is 4.79 Å². The molecule has 0 bridgehead atoms. The number of hydrogen-bond donors (Lipinski definition) is 2. The SMILES string of the molecule is C1CCOC1.CCCCCC(=O)O.CO. The summed E-state index contributed by atoms with van der Waals surface area (Å²) in [5.74, 6) is -0.682. The van der Waals surface area contributed by atoms with Crippen LogP contribution >= 0.6 is 0 Å². The third kappa shape index (κ3) is 19.7. The zero-order valence-electron chi connectivity index (χ0n) is 9.87. The van der Waals surface area contributed by atoms with Crippen LogP contribution in [0.2, 0.25) is 0 Å². The van der Waals surface area contributed by atoms with Crippen LogP contribution in [0.25, 0.3) is 0 Å². The first-order valence-corrected chi connectivity index (χ1v) is 5.51. The number of aliphatic hydroxyl groups excluding tert-OH is 1. The van der Waals surface area contributed by atoms with E-state index in [0.717, 1.165) is 39.6 Å². The minimum atomic E-state index is -0.682. The molecule has 0 atom stereocenters. The van der Waals surface area contributed by atoms with Gasteiger partial charge in [0.25, 0.3) is 0 Å². The van der Waals surface area contributed by atoms with E-state index in [2.05, 4.69) is 6.92 Å². The van der Waals surface area contributed by atoms with Crippen LogP contribution in [-0.4, -0.2) is 36.5 Å². The Hall–Kier alpha value is -0.610. The van der Waals surface area contributed by atoms with E-state index in [0.29, 0.717) is 6.42 Å². The number of rotatable bonds is 4. The first-order valence-electron chi connectivity index (χ1n) is 5.51. The van der Waals surface area contributed by atoms with Crippen LogP contribution in [0.1, 0.15) is 45.4 Å². The molecule has 0 aromatic heterocycles. The lowest BCUT2D eigenvalue weighted by Crippen LogP contribution is -1.92. The summed E-state index contributed by atoms with van der Waals surface area (Å²) in [6.45, 7) is 4.06. The van der Waals surface area contributed by atoms with Crippen molar-refractivity contribution < 1.29 is 19.7 Å². The van der Waals surface area contributed by atoms with E-state index in [-0.39, 0.29) is 0 Å². The molecule has 92 valence electrons. The molecule has 15 heavy (non-hydrogen) atoms. The number of carbonyl (C=O) groups is 1. The highest BCUT2D eigenvalue weighted by atomic mass is 16.5. The minimum Gasteiger partial charge on any atom is -0.481 e. The minimum absolute atomic E-state index is 0.327. The van der Waals surface area contributed by atoms with Crippen LogP contribution in [0.15, 0.2) is 0 Å². The van der Waals surface area contributed by atoms with Crippen molar-refractivity contribution in [1.29, 1.82) is 0 Å². The maximum absolute atomic E-state index is 9.87. The Morgan fingerprint density at radius 3 is 2.00 bits per heavy atom. The molecule has 0 aliphatic carbocycles. The van der Waals surface area contributed by atoms with Crippen molar-refractivity contribution in [2.75, 3.05) is 20.3 Å². The van der Waals surface area contributed by atoms with E-state index in [1.807, 2.05) is 0 Å². The molecule has 1 saturated heterocycles. The number of ether oxygens (including phenoxy) is 1. The maximum atomic E-state index is 9.87. The van der Waals surface area contributed by atoms with Crippen LogP contribution in [-0.2, 0) is 9.53 Å². The highest BCUT2D eigenvalue weighted by Crippen LogP contribution is 1.98. The Kier molecular flexibility index (Phi) is 17.8. The van der Waals surface area contributed by atoms with Crippen molar-refractivity contribution >= 4 is 5.97 Å². The zero-order chi connectivity index (χ0) is 11.9. The van der Waals surface area contributed by atoms with Crippen molar-refractivity contribution in [2.24, 2.45) is 0 Å². The summed E-state index contributed by atoms with van der Waals surface area (Å²) in [5, 5.41) is 15.1. The van der Waals surface area contributed by atoms with Gasteiger partial charge in [0.15, 0.2) is 0 Å². The van der Waals surface area contributed by atoms with Crippen molar-refractivity contribution in [3.63, 3.8) is 0 Å². The van der Waals surface area contributed by atoms with Crippen molar-refractivity contribution in [1.82, 2.24) is 0 Å². The number of carboxylic acids is 1. The first-order chi connectivity index (χ1) is 7.27. The zero-order valence-corrected chi connectivity index (χ0v) is 9.87. The van der Waals surface area contributed by atoms with Gasteiger partial charge < -0.3 is 14.9 Å². The van der Waals surface area contributed by atoms with E-state index in [9.17, 15) is 4.79 Å². The standard InChI is InChI=1S/C6H12O2.C4H8O.CH4O/c1-2-3-4-5-6(7)8;1-2-4-5-3-1;1-2/h2-5H2,1H3,(H,7,8);1-4H2;2H,1H3. The van der Waals surface area contributed by atoms with Gasteiger partial charge in [-0.15, -0.1) is 0 Å². The van der Waals surface area contributed by atoms with E-state index in [1.54, 1.807) is 0 Å². The topological polar surface area (TPSA) is 66.8 Å². The molecule has 0 aromatic carbocycles. The lowest BCUT2D eigenvalue weighted by Gasteiger charge is -1.89. The monoisotopic (exact) mass is 220 g/mol. The molecule has 1 fully saturated rings. The molecule has 4 heteroatoms. The molecular formula is C11H24O4. The summed E-state index contributed by atoms with van der Waals surface area (Å²) in [5.41, 5.74) is 0. The summed E-state index contributed by atoms with van der Waals surface area (Å²) in [7, 11) is 1.00. The molecule has 0 saturated carbocycles. The fourth-order valence-electron chi connectivity index (χ4n) is 1.04. The van der Waals surface area contributed by atoms with E-state index < -0.39 is 5.97 Å². The summed E-state index contributed by atoms with van der Waals surface area (Å²) in [6, 6.07) is 0. The van der Waals surface area contributed by atoms with Crippen LogP contribution in [0.3, 0.4) is 0 Å². The number of hydrogen-bond acceptors (Lipinski definition) is 3. The molecule has 1 rings (SSSR count). The van der Waals surface area contributed by atoms with Gasteiger partial charge in [0, 0.05) is 26.7 Å². The highest BCUT2D eigenvalue weighted by molar-refractivity contribution is 5.66. The first kappa shape index (κ1) is 16.8. The summed E-state index contributed by atoms with van der Waals surface area (Å²) < 4.78 is 4.94. The molecule has 0 aromatic rings. The Balaban J connectivity index is 0. The molecule has 0 radical (unpaired) electrons. The average Bonchev–Trinajstić information content (AvgIpc) is 2.79. The molecule has 4 nitrogen and oxygen atoms in total. The van der Waals surface area contributed by atoms with E-state index in [1.165, 1.54) is 12.8 Å². The lowest BCUT2D eigenvalue weighted by atomic mass is 10.2. The highest BCUT2D eigenvalue weighted by Gasteiger charge is 1.94. The van der Waals surface area contributed by atoms with Crippen LogP contribution in [0, 0.1) is 0 Å². The molecule has 0 spiro atoms. The number of unbranched alkanes of at least 4 members (excludes halogenated alkanes) is 2. The second-order valence-electron chi connectivity index (χ2n) is 3.17. The fraction of sp³-hybridized carbons (Fsp3) is 0.909. The number of aliphatic carboxylic acids is 1. The summed E-state index contributed by atoms with van der Waals surface area (Å²) >= 11 is 0. The van der Waals surface area contributed by atoms with Crippen LogP contribution < -0.4 is 0 Å². The average molecular weight is 220 g/mol. The lowest BCUT2D eigenvalue weighted by molar-refractivity contribution is -0.137. The number of carboxylic acid groups (broad SMARTS) is 1. The van der Waals surface area contributed by atoms with Gasteiger partial charge in [0.05, 0.1) is 0 Å². The molecule has 0 unspecified atom stereocenters. The molecule has 1 heterocycles. The Morgan fingerprint density at radius 1 is 1.20 bits per heavy atom. The van der Waals surface area contributed by atoms with Crippen LogP contribution in [0.5, 0.6) is 0 Å². The Morgan fingerprint density at radius 2 is 1.73 bits per heavy atom. The van der Waals surface area contributed by atoms with Gasteiger partial charge in [0.2, 0.25) is 0 Å². The smallest absolute Gasteiger partial charge is 0.303 e. The summed E-state index contributed by atoms with van der Waals surface area (Å²) in [4.78, 5) is 9.87. The second-order valence-corrected chi connectivity index (χ2v) is 3.17. The van der Waals surface area contributed by atoms with Crippen LogP contribution in [0.4, 0.5) is 0 Å². The third-order valence-corrected chi connectivity index (χ3v) is 1.82. The quantitative estimate of drug-likeness (QED) is 0.712. The Labute approximate surface area is 92.3 Å². The third-order valence-electron chi connectivity index (χ3n) is 1.82. The van der Waals surface area contributed by atoms with Gasteiger partial charge in [-0.1, -0.05) is 19.8 Å². The Bertz CT molecular complexity index is 114. The van der Waals surface area contributed by atoms with Gasteiger partial charge in [0.1, 0.15) is 0 Å². The maximum Gasteiger partial charge on any atom is 0.303 e. The van der Waals surface area contributed by atoms with Gasteiger partial charge in [-0.25, -0.2) is 0 Å². The van der Waals surface area contributed by atoms with Gasteiger partial charge >= 0.3 is 5.97 Å². The van der Waals surface area contributed by atoms with Crippen molar-refractivity contribution in [3.8, 4) is 0 Å². The normalized spacial score (nSPS) is 13.3. The number of aliphatic hydroxyl groups is 1. The van der Waals surface area contributed by atoms with Gasteiger partial charge in [-0.05, 0) is 19.3 Å². The van der Waals surface area contributed by atoms with Gasteiger partial charge in [-0.2, -0.15) is 0 Å². The molecule has 1 aliphatic heterocycles. The summed E-state index contributed by atoms with van der Waals surface area (Å²) in [6.07, 6.45) is 5.83. The predicted octanol–water partition coefficient (Wildman–Crippen LogP) is 2.06. The molecule has 0 amide bonds.